The monoisotopic (exact) mass is 253 g/mol. The number of carbonyl (C=O) groups is 1. The lowest BCUT2D eigenvalue weighted by atomic mass is 10.0. The SMILES string of the molecule is CN1CCC(N(C)C(=O)N2CCCCCC2)CC1. The number of amides is 2. The van der Waals surface area contributed by atoms with Gasteiger partial charge in [0.2, 0.25) is 0 Å². The van der Waals surface area contributed by atoms with Gasteiger partial charge in [0.1, 0.15) is 0 Å². The van der Waals surface area contributed by atoms with Crippen molar-refractivity contribution in [1.82, 2.24) is 14.7 Å². The first-order valence-corrected chi connectivity index (χ1v) is 7.39. The van der Waals surface area contributed by atoms with E-state index in [0.29, 0.717) is 6.04 Å². The molecule has 2 heterocycles. The van der Waals surface area contributed by atoms with E-state index in [-0.39, 0.29) is 6.03 Å². The predicted molar refractivity (Wildman–Crippen MR) is 73.7 cm³/mol. The number of hydrogen-bond donors (Lipinski definition) is 0. The van der Waals surface area contributed by atoms with Crippen molar-refractivity contribution >= 4 is 6.03 Å². The second-order valence-electron chi connectivity index (χ2n) is 5.83. The Morgan fingerprint density at radius 2 is 1.56 bits per heavy atom. The van der Waals surface area contributed by atoms with Crippen LogP contribution in [0.5, 0.6) is 0 Å². The minimum Gasteiger partial charge on any atom is -0.325 e. The van der Waals surface area contributed by atoms with Gasteiger partial charge < -0.3 is 14.7 Å². The number of hydrogen-bond acceptors (Lipinski definition) is 2. The van der Waals surface area contributed by atoms with Gasteiger partial charge in [-0.05, 0) is 45.8 Å². The molecule has 2 fully saturated rings. The normalized spacial score (nSPS) is 23.8. The molecular formula is C14H27N3O. The van der Waals surface area contributed by atoms with Crippen molar-refractivity contribution < 1.29 is 4.79 Å². The summed E-state index contributed by atoms with van der Waals surface area (Å²) in [5.74, 6) is 0. The van der Waals surface area contributed by atoms with E-state index in [1.807, 2.05) is 11.9 Å². The third kappa shape index (κ3) is 3.37. The van der Waals surface area contributed by atoms with Crippen LogP contribution in [0.2, 0.25) is 0 Å². The van der Waals surface area contributed by atoms with Crippen LogP contribution in [0.15, 0.2) is 0 Å². The lowest BCUT2D eigenvalue weighted by molar-refractivity contribution is 0.120. The summed E-state index contributed by atoms with van der Waals surface area (Å²) in [7, 11) is 4.15. The first-order chi connectivity index (χ1) is 8.68. The predicted octanol–water partition coefficient (Wildman–Crippen LogP) is 2.01. The molecule has 18 heavy (non-hydrogen) atoms. The van der Waals surface area contributed by atoms with Crippen molar-refractivity contribution in [2.75, 3.05) is 40.3 Å². The van der Waals surface area contributed by atoms with Gasteiger partial charge in [0, 0.05) is 26.2 Å². The van der Waals surface area contributed by atoms with Gasteiger partial charge in [-0.3, -0.25) is 0 Å². The molecule has 0 N–H and O–H groups in total. The fourth-order valence-electron chi connectivity index (χ4n) is 3.02. The molecule has 2 aliphatic rings. The highest BCUT2D eigenvalue weighted by molar-refractivity contribution is 5.74. The molecule has 0 bridgehead atoms. The molecule has 0 aliphatic carbocycles. The molecule has 0 spiro atoms. The Kier molecular flexibility index (Phi) is 4.87. The Hall–Kier alpha value is -0.770. The van der Waals surface area contributed by atoms with Crippen LogP contribution in [0.1, 0.15) is 38.5 Å². The molecule has 0 aromatic carbocycles. The third-order valence-electron chi connectivity index (χ3n) is 4.41. The maximum Gasteiger partial charge on any atom is 0.319 e. The Bertz CT molecular complexity index is 266. The molecule has 0 radical (unpaired) electrons. The average molecular weight is 253 g/mol. The molecule has 2 aliphatic heterocycles. The number of likely N-dealkylation sites (tertiary alicyclic amines) is 2. The van der Waals surface area contributed by atoms with Gasteiger partial charge in [0.15, 0.2) is 0 Å². The fourth-order valence-corrected chi connectivity index (χ4v) is 3.02. The maximum absolute atomic E-state index is 12.5. The molecule has 0 unspecified atom stereocenters. The number of nitrogens with zero attached hydrogens (tertiary/aromatic N) is 3. The Morgan fingerprint density at radius 3 is 2.11 bits per heavy atom. The van der Waals surface area contributed by atoms with E-state index >= 15 is 0 Å². The molecule has 4 nitrogen and oxygen atoms in total. The molecule has 0 atom stereocenters. The van der Waals surface area contributed by atoms with Crippen molar-refractivity contribution in [1.29, 1.82) is 0 Å². The maximum atomic E-state index is 12.5. The van der Waals surface area contributed by atoms with Gasteiger partial charge in [-0.25, -0.2) is 4.79 Å². The Labute approximate surface area is 111 Å². The number of rotatable bonds is 1. The first-order valence-electron chi connectivity index (χ1n) is 7.39. The van der Waals surface area contributed by atoms with Crippen molar-refractivity contribution in [2.45, 2.75) is 44.6 Å². The summed E-state index contributed by atoms with van der Waals surface area (Å²) >= 11 is 0. The Balaban J connectivity index is 1.87. The summed E-state index contributed by atoms with van der Waals surface area (Å²) in [6.45, 7) is 4.14. The molecule has 4 heteroatoms. The first kappa shape index (κ1) is 13.7. The van der Waals surface area contributed by atoms with Gasteiger partial charge in [-0.15, -0.1) is 0 Å². The van der Waals surface area contributed by atoms with Crippen LogP contribution in [0, 0.1) is 0 Å². The van der Waals surface area contributed by atoms with Crippen molar-refractivity contribution in [3.05, 3.63) is 0 Å². The highest BCUT2D eigenvalue weighted by Gasteiger charge is 2.27. The molecule has 0 aromatic heterocycles. The summed E-state index contributed by atoms with van der Waals surface area (Å²) in [5.41, 5.74) is 0. The van der Waals surface area contributed by atoms with E-state index in [0.717, 1.165) is 39.0 Å². The topological polar surface area (TPSA) is 26.8 Å². The summed E-state index contributed by atoms with van der Waals surface area (Å²) in [5, 5.41) is 0. The fraction of sp³-hybridized carbons (Fsp3) is 0.929. The molecular weight excluding hydrogens is 226 g/mol. The van der Waals surface area contributed by atoms with Gasteiger partial charge in [-0.2, -0.15) is 0 Å². The van der Waals surface area contributed by atoms with Gasteiger partial charge in [0.05, 0.1) is 0 Å². The largest absolute Gasteiger partial charge is 0.325 e. The minimum atomic E-state index is 0.256. The minimum absolute atomic E-state index is 0.256. The zero-order valence-electron chi connectivity index (χ0n) is 11.9. The van der Waals surface area contributed by atoms with Crippen LogP contribution in [0.3, 0.4) is 0 Å². The van der Waals surface area contributed by atoms with E-state index in [2.05, 4.69) is 16.8 Å². The van der Waals surface area contributed by atoms with Crippen LogP contribution in [0.4, 0.5) is 4.79 Å². The van der Waals surface area contributed by atoms with Gasteiger partial charge in [0.25, 0.3) is 0 Å². The van der Waals surface area contributed by atoms with Crippen LogP contribution in [-0.4, -0.2) is 67.0 Å². The summed E-state index contributed by atoms with van der Waals surface area (Å²) < 4.78 is 0. The highest BCUT2D eigenvalue weighted by atomic mass is 16.2. The Morgan fingerprint density at radius 1 is 1.00 bits per heavy atom. The van der Waals surface area contributed by atoms with Crippen molar-refractivity contribution in [3.63, 3.8) is 0 Å². The van der Waals surface area contributed by atoms with E-state index in [9.17, 15) is 4.79 Å². The summed E-state index contributed by atoms with van der Waals surface area (Å²) in [6, 6.07) is 0.698. The van der Waals surface area contributed by atoms with Gasteiger partial charge >= 0.3 is 6.03 Å². The number of carbonyl (C=O) groups excluding carboxylic acids is 1. The van der Waals surface area contributed by atoms with E-state index in [1.165, 1.54) is 25.7 Å². The van der Waals surface area contributed by atoms with Crippen LogP contribution >= 0.6 is 0 Å². The van der Waals surface area contributed by atoms with E-state index < -0.39 is 0 Å². The van der Waals surface area contributed by atoms with Crippen LogP contribution in [0.25, 0.3) is 0 Å². The summed E-state index contributed by atoms with van der Waals surface area (Å²) in [6.07, 6.45) is 7.14. The highest BCUT2D eigenvalue weighted by Crippen LogP contribution is 2.17. The number of urea groups is 1. The molecule has 0 aromatic rings. The van der Waals surface area contributed by atoms with Gasteiger partial charge in [-0.1, -0.05) is 12.8 Å². The third-order valence-corrected chi connectivity index (χ3v) is 4.41. The zero-order valence-corrected chi connectivity index (χ0v) is 11.9. The molecule has 0 saturated carbocycles. The lowest BCUT2D eigenvalue weighted by Crippen LogP contribution is -2.49. The molecule has 2 rings (SSSR count). The number of piperidine rings is 1. The van der Waals surface area contributed by atoms with Crippen LogP contribution < -0.4 is 0 Å². The van der Waals surface area contributed by atoms with E-state index in [4.69, 9.17) is 0 Å². The van der Waals surface area contributed by atoms with E-state index in [1.54, 1.807) is 0 Å². The average Bonchev–Trinajstić information content (AvgIpc) is 2.67. The smallest absolute Gasteiger partial charge is 0.319 e. The second kappa shape index (κ2) is 6.41. The molecule has 104 valence electrons. The standard InChI is InChI=1S/C14H27N3O/c1-15-11-7-13(8-12-15)16(2)14(18)17-9-5-3-4-6-10-17/h13H,3-12H2,1-2H3. The quantitative estimate of drug-likeness (QED) is 0.714. The molecule has 2 saturated heterocycles. The summed E-state index contributed by atoms with van der Waals surface area (Å²) in [4.78, 5) is 18.9. The zero-order chi connectivity index (χ0) is 13.0. The van der Waals surface area contributed by atoms with Crippen molar-refractivity contribution in [2.24, 2.45) is 0 Å². The van der Waals surface area contributed by atoms with Crippen molar-refractivity contribution in [3.8, 4) is 0 Å². The molecule has 2 amide bonds. The van der Waals surface area contributed by atoms with Crippen LogP contribution in [-0.2, 0) is 0 Å². The second-order valence-corrected chi connectivity index (χ2v) is 5.83. The lowest BCUT2D eigenvalue weighted by Gasteiger charge is -2.37.